The van der Waals surface area contributed by atoms with Crippen molar-refractivity contribution in [3.8, 4) is 0 Å². The molecule has 1 nitrogen and oxygen atoms in total. The first-order chi connectivity index (χ1) is 11.2. The van der Waals surface area contributed by atoms with E-state index in [4.69, 9.17) is 0 Å². The smallest absolute Gasteiger partial charge is 0.456 e. The largest absolute Gasteiger partial charge is 0.530 e. The van der Waals surface area contributed by atoms with Gasteiger partial charge in [0.15, 0.2) is 0 Å². The number of benzene rings is 1. The van der Waals surface area contributed by atoms with Crippen LogP contribution < -0.4 is 0 Å². The Bertz CT molecular complexity index is 654. The lowest BCUT2D eigenvalue weighted by Crippen LogP contribution is -2.40. The monoisotopic (exact) mass is 343 g/mol. The molecule has 2 rings (SSSR count). The highest BCUT2D eigenvalue weighted by Gasteiger charge is 2.58. The average Bonchev–Trinajstić information content (AvgIpc) is 2.55. The van der Waals surface area contributed by atoms with Crippen LogP contribution in [0.25, 0.3) is 5.57 Å². The Kier molecular flexibility index (Phi) is 5.36. The van der Waals surface area contributed by atoms with Crippen LogP contribution in [0.1, 0.15) is 18.9 Å². The molecular formula is C18H16F5O-. The number of hydrogen-bond acceptors (Lipinski definition) is 1. The maximum absolute atomic E-state index is 12.8. The minimum absolute atomic E-state index is 0.0359. The van der Waals surface area contributed by atoms with Gasteiger partial charge < -0.3 is 4.74 Å². The van der Waals surface area contributed by atoms with E-state index in [1.807, 2.05) is 37.3 Å². The van der Waals surface area contributed by atoms with E-state index >= 15 is 0 Å². The Hall–Kier alpha value is -2.24. The summed E-state index contributed by atoms with van der Waals surface area (Å²) < 4.78 is 66.6. The first-order valence-corrected chi connectivity index (χ1v) is 7.33. The minimum atomic E-state index is -5.62. The fraction of sp³-hybridized carbons (Fsp3) is 0.278. The molecule has 0 heterocycles. The highest BCUT2D eigenvalue weighted by atomic mass is 19.4. The van der Waals surface area contributed by atoms with Crippen LogP contribution in [0.5, 0.6) is 0 Å². The standard InChI is InChI=1S/C18H16F5O/c1-2-16(13-6-4-3-5-7-13)14-8-10-15(11-9-14)24-12-17(19,20)18(21,22)23/h3-11H,2,12H2,1H3/q-1. The predicted molar refractivity (Wildman–Crippen MR) is 82.1 cm³/mol. The summed E-state index contributed by atoms with van der Waals surface area (Å²) in [7, 11) is 0. The van der Waals surface area contributed by atoms with Gasteiger partial charge in [-0.2, -0.15) is 22.0 Å². The third-order valence-corrected chi connectivity index (χ3v) is 3.51. The summed E-state index contributed by atoms with van der Waals surface area (Å²) >= 11 is 0. The van der Waals surface area contributed by atoms with Crippen molar-refractivity contribution in [3.05, 3.63) is 71.9 Å². The van der Waals surface area contributed by atoms with Crippen molar-refractivity contribution in [2.45, 2.75) is 25.4 Å². The van der Waals surface area contributed by atoms with Crippen LogP contribution in [0, 0.1) is 6.42 Å². The van der Waals surface area contributed by atoms with E-state index in [9.17, 15) is 22.0 Å². The van der Waals surface area contributed by atoms with E-state index < -0.39 is 18.7 Å². The van der Waals surface area contributed by atoms with Crippen LogP contribution in [0.3, 0.4) is 0 Å². The Balaban J connectivity index is 2.07. The van der Waals surface area contributed by atoms with Gasteiger partial charge in [-0.1, -0.05) is 49.2 Å². The second-order valence-electron chi connectivity index (χ2n) is 5.21. The number of hydrogen-bond donors (Lipinski definition) is 0. The lowest BCUT2D eigenvalue weighted by Gasteiger charge is -2.25. The molecule has 24 heavy (non-hydrogen) atoms. The van der Waals surface area contributed by atoms with Crippen LogP contribution in [-0.2, 0) is 4.74 Å². The Morgan fingerprint density at radius 1 is 1.04 bits per heavy atom. The lowest BCUT2D eigenvalue weighted by molar-refractivity contribution is -0.293. The molecule has 0 spiro atoms. The quantitative estimate of drug-likeness (QED) is 0.491. The average molecular weight is 343 g/mol. The van der Waals surface area contributed by atoms with Crippen molar-refractivity contribution in [2.75, 3.05) is 6.61 Å². The van der Waals surface area contributed by atoms with Gasteiger partial charge in [-0.05, 0) is 0 Å². The molecule has 1 aliphatic carbocycles. The summed E-state index contributed by atoms with van der Waals surface area (Å²) in [6.45, 7) is 0.246. The lowest BCUT2D eigenvalue weighted by atomic mass is 9.93. The molecule has 1 aliphatic rings. The van der Waals surface area contributed by atoms with Crippen molar-refractivity contribution in [2.24, 2.45) is 0 Å². The Labute approximate surface area is 137 Å². The van der Waals surface area contributed by atoms with Crippen LogP contribution in [0.4, 0.5) is 22.0 Å². The molecule has 0 radical (unpaired) electrons. The van der Waals surface area contributed by atoms with Gasteiger partial charge >= 0.3 is 12.1 Å². The molecule has 1 aromatic rings. The third kappa shape index (κ3) is 4.19. The molecule has 0 aliphatic heterocycles. The maximum Gasteiger partial charge on any atom is 0.456 e. The molecule has 0 saturated heterocycles. The summed E-state index contributed by atoms with van der Waals surface area (Å²) in [5.74, 6) is -4.91. The first kappa shape index (κ1) is 18.1. The van der Waals surface area contributed by atoms with Crippen molar-refractivity contribution in [3.63, 3.8) is 0 Å². The normalized spacial score (nSPS) is 17.2. The van der Waals surface area contributed by atoms with Crippen molar-refractivity contribution in [1.29, 1.82) is 0 Å². The van der Waals surface area contributed by atoms with Gasteiger partial charge in [-0.25, -0.2) is 0 Å². The summed E-state index contributed by atoms with van der Waals surface area (Å²) in [6, 6.07) is 9.61. The Morgan fingerprint density at radius 3 is 2.21 bits per heavy atom. The molecule has 0 amide bonds. The zero-order valence-electron chi connectivity index (χ0n) is 12.9. The van der Waals surface area contributed by atoms with Crippen molar-refractivity contribution in [1.82, 2.24) is 0 Å². The summed E-state index contributed by atoms with van der Waals surface area (Å²) in [6.07, 6.45) is 1.19. The zero-order valence-corrected chi connectivity index (χ0v) is 12.9. The van der Waals surface area contributed by atoms with E-state index in [2.05, 4.69) is 4.74 Å². The van der Waals surface area contributed by atoms with Crippen molar-refractivity contribution >= 4 is 5.57 Å². The van der Waals surface area contributed by atoms with Gasteiger partial charge in [0.25, 0.3) is 0 Å². The molecule has 0 N–H and O–H groups in total. The molecule has 0 unspecified atom stereocenters. The van der Waals surface area contributed by atoms with Crippen molar-refractivity contribution < 1.29 is 26.7 Å². The minimum Gasteiger partial charge on any atom is -0.530 e. The van der Waals surface area contributed by atoms with E-state index in [0.717, 1.165) is 23.1 Å². The van der Waals surface area contributed by atoms with Crippen LogP contribution >= 0.6 is 0 Å². The second kappa shape index (κ2) is 7.11. The number of rotatable bonds is 5. The van der Waals surface area contributed by atoms with Crippen LogP contribution in [0.15, 0.2) is 59.9 Å². The topological polar surface area (TPSA) is 9.23 Å². The SMILES string of the molecule is CC/C(=C1\C=CC(OCC(F)(F)C(F)(F)F)=C[CH-]1)c1ccccc1. The zero-order chi connectivity index (χ0) is 17.8. The predicted octanol–water partition coefficient (Wildman–Crippen LogP) is 5.72. The number of allylic oxidation sites excluding steroid dienone is 5. The van der Waals surface area contributed by atoms with Crippen LogP contribution in [0.2, 0.25) is 0 Å². The first-order valence-electron chi connectivity index (χ1n) is 7.33. The molecule has 0 aromatic heterocycles. The van der Waals surface area contributed by atoms with E-state index in [1.165, 1.54) is 12.2 Å². The summed E-state index contributed by atoms with van der Waals surface area (Å²) in [5, 5.41) is 0. The molecule has 0 saturated carbocycles. The number of alkyl halides is 5. The van der Waals surface area contributed by atoms with E-state index in [0.29, 0.717) is 0 Å². The van der Waals surface area contributed by atoms with Gasteiger partial charge in [0.1, 0.15) is 6.61 Å². The highest BCUT2D eigenvalue weighted by molar-refractivity contribution is 5.74. The second-order valence-corrected chi connectivity index (χ2v) is 5.21. The molecule has 0 atom stereocenters. The fourth-order valence-electron chi connectivity index (χ4n) is 2.22. The molecule has 0 bridgehead atoms. The molecule has 0 fully saturated rings. The van der Waals surface area contributed by atoms with Gasteiger partial charge in [0, 0.05) is 5.76 Å². The molecule has 6 heteroatoms. The summed E-state index contributed by atoms with van der Waals surface area (Å²) in [5.41, 5.74) is 2.93. The van der Waals surface area contributed by atoms with E-state index in [-0.39, 0.29) is 5.76 Å². The van der Waals surface area contributed by atoms with Gasteiger partial charge in [-0.3, -0.25) is 0 Å². The third-order valence-electron chi connectivity index (χ3n) is 3.51. The highest BCUT2D eigenvalue weighted by Crippen LogP contribution is 2.36. The molecular weight excluding hydrogens is 327 g/mol. The maximum atomic E-state index is 12.8. The Morgan fingerprint density at radius 2 is 1.71 bits per heavy atom. The number of ether oxygens (including phenoxy) is 1. The van der Waals surface area contributed by atoms with Gasteiger partial charge in [0.05, 0.1) is 0 Å². The molecule has 130 valence electrons. The molecule has 1 aromatic carbocycles. The fourth-order valence-corrected chi connectivity index (χ4v) is 2.22. The number of halogens is 5. The van der Waals surface area contributed by atoms with Gasteiger partial charge in [-0.15, -0.1) is 35.8 Å². The van der Waals surface area contributed by atoms with Crippen LogP contribution in [-0.4, -0.2) is 18.7 Å². The van der Waals surface area contributed by atoms with Gasteiger partial charge in [0.2, 0.25) is 0 Å². The van der Waals surface area contributed by atoms with E-state index in [1.54, 1.807) is 12.5 Å². The summed E-state index contributed by atoms with van der Waals surface area (Å²) in [4.78, 5) is 0.